The number of primary amides is 1. The van der Waals surface area contributed by atoms with Gasteiger partial charge >= 0.3 is 0 Å². The molecule has 1 saturated carbocycles. The van der Waals surface area contributed by atoms with E-state index >= 15 is 0 Å². The van der Waals surface area contributed by atoms with Crippen LogP contribution in [0.1, 0.15) is 60.4 Å². The first-order chi connectivity index (χ1) is 11.0. The van der Waals surface area contributed by atoms with Gasteiger partial charge in [-0.05, 0) is 59.3 Å². The fourth-order valence-electron chi connectivity index (χ4n) is 3.53. The average molecular weight is 380 g/mol. The van der Waals surface area contributed by atoms with E-state index in [-0.39, 0.29) is 5.82 Å². The molecule has 0 saturated heterocycles. The molecule has 4 nitrogen and oxygen atoms in total. The molecule has 1 fully saturated rings. The van der Waals surface area contributed by atoms with Gasteiger partial charge in [0.05, 0.1) is 4.47 Å². The van der Waals surface area contributed by atoms with Crippen molar-refractivity contribution in [2.75, 3.05) is 0 Å². The lowest BCUT2D eigenvalue weighted by atomic mass is 9.75. The number of aromatic nitrogens is 2. The molecule has 3 aliphatic rings. The van der Waals surface area contributed by atoms with E-state index in [4.69, 9.17) is 5.73 Å². The lowest BCUT2D eigenvalue weighted by Crippen LogP contribution is -2.24. The number of benzene rings is 1. The van der Waals surface area contributed by atoms with Crippen molar-refractivity contribution >= 4 is 21.8 Å². The van der Waals surface area contributed by atoms with Gasteiger partial charge in [0.25, 0.3) is 5.91 Å². The highest BCUT2D eigenvalue weighted by molar-refractivity contribution is 9.10. The molecule has 1 aliphatic carbocycles. The van der Waals surface area contributed by atoms with Crippen molar-refractivity contribution in [2.24, 2.45) is 5.73 Å². The van der Waals surface area contributed by atoms with Crippen LogP contribution in [0, 0.1) is 12.7 Å². The molecule has 0 unspecified atom stereocenters. The zero-order chi connectivity index (χ0) is 16.9. The molecule has 122 valence electrons. The molecule has 5 rings (SSSR count). The zero-order valence-corrected chi connectivity index (χ0v) is 14.9. The second kappa shape index (κ2) is 5.74. The Morgan fingerprint density at radius 2 is 2.04 bits per heavy atom. The van der Waals surface area contributed by atoms with Gasteiger partial charge in [0.1, 0.15) is 17.3 Å². The molecule has 6 heteroatoms. The first-order valence-electron chi connectivity index (χ1n) is 7.85. The Hall–Kier alpha value is -1.69. The van der Waals surface area contributed by atoms with Gasteiger partial charge in [0.15, 0.2) is 0 Å². The number of imidazole rings is 1. The maximum absolute atomic E-state index is 13.9. The lowest BCUT2D eigenvalue weighted by Gasteiger charge is -2.35. The van der Waals surface area contributed by atoms with Crippen LogP contribution in [0.2, 0.25) is 0 Å². The smallest absolute Gasteiger partial charge is 0.269 e. The molecule has 2 N–H and O–H groups in total. The molecular weight excluding hydrogens is 361 g/mol. The fourth-order valence-corrected chi connectivity index (χ4v) is 3.87. The summed E-state index contributed by atoms with van der Waals surface area (Å²) in [5.74, 6) is 0.309. The van der Waals surface area contributed by atoms with Gasteiger partial charge in [0, 0.05) is 17.3 Å². The van der Waals surface area contributed by atoms with Crippen LogP contribution in [0.3, 0.4) is 0 Å². The summed E-state index contributed by atoms with van der Waals surface area (Å²) in [7, 11) is 0. The van der Waals surface area contributed by atoms with Gasteiger partial charge in [-0.3, -0.25) is 4.79 Å². The third-order valence-corrected chi connectivity index (χ3v) is 5.24. The van der Waals surface area contributed by atoms with Crippen LogP contribution in [-0.2, 0) is 0 Å². The predicted molar refractivity (Wildman–Crippen MR) is 90.9 cm³/mol. The number of amides is 1. The molecule has 3 heterocycles. The van der Waals surface area contributed by atoms with E-state index in [9.17, 15) is 9.18 Å². The van der Waals surface area contributed by atoms with Crippen molar-refractivity contribution in [3.05, 3.63) is 39.4 Å². The highest BCUT2D eigenvalue weighted by Gasteiger charge is 2.40. The van der Waals surface area contributed by atoms with Crippen LogP contribution in [0.15, 0.2) is 16.6 Å². The summed E-state index contributed by atoms with van der Waals surface area (Å²) in [5, 5.41) is 0. The Morgan fingerprint density at radius 1 is 1.39 bits per heavy atom. The number of carbonyl (C=O) groups excluding carboxylic acids is 1. The van der Waals surface area contributed by atoms with Crippen LogP contribution in [-0.4, -0.2) is 15.5 Å². The number of nitrogens with zero attached hydrogens (tertiary/aromatic N) is 2. The molecule has 23 heavy (non-hydrogen) atoms. The first kappa shape index (κ1) is 16.2. The summed E-state index contributed by atoms with van der Waals surface area (Å²) in [6.07, 6.45) is 1.91. The SMILES string of the molecule is CC.Cc1c(C(N)=O)nc2n1C1CC(C1)c1cc(F)c(Br)cc1-2. The van der Waals surface area contributed by atoms with Gasteiger partial charge in [-0.15, -0.1) is 0 Å². The van der Waals surface area contributed by atoms with E-state index in [0.717, 1.165) is 35.5 Å². The Balaban J connectivity index is 0.000000753. The van der Waals surface area contributed by atoms with Crippen molar-refractivity contribution in [2.45, 2.75) is 45.6 Å². The molecule has 2 aliphatic heterocycles. The van der Waals surface area contributed by atoms with E-state index in [0.29, 0.717) is 22.1 Å². The standard InChI is InChI=1S/C15H13BrFN3O.C2H6/c1-6-13(14(18)21)19-15-10-4-11(16)12(17)5-9(10)7-2-8(3-7)20(6)15;1-2/h4-5,7-8H,2-3H2,1H3,(H2,18,21);1-2H3. The second-order valence-corrected chi connectivity index (χ2v) is 6.63. The first-order valence-corrected chi connectivity index (χ1v) is 8.64. The summed E-state index contributed by atoms with van der Waals surface area (Å²) in [4.78, 5) is 16.0. The summed E-state index contributed by atoms with van der Waals surface area (Å²) in [5.41, 5.74) is 8.39. The van der Waals surface area contributed by atoms with E-state index in [1.165, 1.54) is 0 Å². The van der Waals surface area contributed by atoms with Crippen LogP contribution in [0.5, 0.6) is 0 Å². The topological polar surface area (TPSA) is 60.9 Å². The summed E-state index contributed by atoms with van der Waals surface area (Å²) < 4.78 is 16.4. The molecule has 0 spiro atoms. The van der Waals surface area contributed by atoms with Crippen molar-refractivity contribution in [3.8, 4) is 11.4 Å². The fraction of sp³-hybridized carbons (Fsp3) is 0.412. The third kappa shape index (κ3) is 2.31. The minimum absolute atomic E-state index is 0.260. The second-order valence-electron chi connectivity index (χ2n) is 5.78. The number of halogens is 2. The average Bonchev–Trinajstić information content (AvgIpc) is 2.68. The molecule has 2 bridgehead atoms. The van der Waals surface area contributed by atoms with E-state index < -0.39 is 5.91 Å². The van der Waals surface area contributed by atoms with Crippen molar-refractivity contribution in [1.82, 2.24) is 9.55 Å². The van der Waals surface area contributed by atoms with Gasteiger partial charge < -0.3 is 10.3 Å². The Labute approximate surface area is 143 Å². The maximum atomic E-state index is 13.9. The predicted octanol–water partition coefficient (Wildman–Crippen LogP) is 4.32. The quantitative estimate of drug-likeness (QED) is 0.801. The van der Waals surface area contributed by atoms with Crippen LogP contribution < -0.4 is 5.73 Å². The van der Waals surface area contributed by atoms with E-state index in [1.807, 2.05) is 20.8 Å². The molecule has 0 radical (unpaired) electrons. The van der Waals surface area contributed by atoms with E-state index in [1.54, 1.807) is 12.1 Å². The Bertz CT molecular complexity index is 794. The summed E-state index contributed by atoms with van der Waals surface area (Å²) >= 11 is 3.24. The lowest BCUT2D eigenvalue weighted by molar-refractivity contribution is 0.0995. The number of hydrogen-bond donors (Lipinski definition) is 1. The Morgan fingerprint density at radius 3 is 2.65 bits per heavy atom. The number of hydrogen-bond acceptors (Lipinski definition) is 2. The maximum Gasteiger partial charge on any atom is 0.269 e. The van der Waals surface area contributed by atoms with Crippen molar-refractivity contribution in [3.63, 3.8) is 0 Å². The number of carbonyl (C=O) groups is 1. The van der Waals surface area contributed by atoms with E-state index in [2.05, 4.69) is 25.5 Å². The molecule has 1 aromatic heterocycles. The highest BCUT2D eigenvalue weighted by Crippen LogP contribution is 2.53. The van der Waals surface area contributed by atoms with Gasteiger partial charge in [-0.2, -0.15) is 0 Å². The summed E-state index contributed by atoms with van der Waals surface area (Å²) in [6.45, 7) is 5.87. The number of nitrogens with two attached hydrogens (primary N) is 1. The normalized spacial score (nSPS) is 20.4. The highest BCUT2D eigenvalue weighted by atomic mass is 79.9. The molecule has 2 aromatic rings. The van der Waals surface area contributed by atoms with Crippen LogP contribution in [0.25, 0.3) is 11.4 Å². The van der Waals surface area contributed by atoms with Crippen LogP contribution in [0.4, 0.5) is 4.39 Å². The zero-order valence-electron chi connectivity index (χ0n) is 13.4. The molecular formula is C17H19BrFN3O. The third-order valence-electron chi connectivity index (χ3n) is 4.63. The molecule has 1 amide bonds. The van der Waals surface area contributed by atoms with Crippen molar-refractivity contribution in [1.29, 1.82) is 0 Å². The minimum atomic E-state index is -0.522. The largest absolute Gasteiger partial charge is 0.364 e. The van der Waals surface area contributed by atoms with Crippen LogP contribution >= 0.6 is 15.9 Å². The number of rotatable bonds is 1. The Kier molecular flexibility index (Phi) is 4.04. The van der Waals surface area contributed by atoms with Gasteiger partial charge in [0.2, 0.25) is 0 Å². The monoisotopic (exact) mass is 379 g/mol. The minimum Gasteiger partial charge on any atom is -0.364 e. The summed E-state index contributed by atoms with van der Waals surface area (Å²) in [6, 6.07) is 3.66. The molecule has 1 aromatic carbocycles. The van der Waals surface area contributed by atoms with Crippen molar-refractivity contribution < 1.29 is 9.18 Å². The van der Waals surface area contributed by atoms with Gasteiger partial charge in [-0.1, -0.05) is 13.8 Å². The van der Waals surface area contributed by atoms with Gasteiger partial charge in [-0.25, -0.2) is 9.37 Å². The molecule has 0 atom stereocenters.